The molecule has 0 aliphatic carbocycles. The first kappa shape index (κ1) is 23.3. The fourth-order valence-electron chi connectivity index (χ4n) is 2.74. The van der Waals surface area contributed by atoms with Gasteiger partial charge in [-0.25, -0.2) is 16.8 Å². The van der Waals surface area contributed by atoms with Gasteiger partial charge in [0.1, 0.15) is 11.5 Å². The minimum Gasteiger partial charge on any atom is -0.497 e. The smallest absolute Gasteiger partial charge is 0.199 e. The fraction of sp³-hybridized carbons (Fsp3) is 0.0833. The summed E-state index contributed by atoms with van der Waals surface area (Å²) in [6.45, 7) is 0. The summed E-state index contributed by atoms with van der Waals surface area (Å²) < 4.78 is 59.9. The number of hydrogen-bond acceptors (Lipinski definition) is 6. The first-order valence-corrected chi connectivity index (χ1v) is 12.6. The molecule has 8 heteroatoms. The van der Waals surface area contributed by atoms with Crippen LogP contribution in [0.3, 0.4) is 0 Å². The Morgan fingerprint density at radius 1 is 0.531 bits per heavy atom. The standard InChI is InChI=1S/C24H22O6S2/c1-29-21-7-11-23(12-8-21)31(25,26)17-15-19-3-5-20(6-4-19)16-18-32(27,28)24-13-9-22(30-2)10-14-24/h3-18H,1-2H3/b17-15+,18-16+. The minimum absolute atomic E-state index is 0.165. The van der Waals surface area contributed by atoms with E-state index in [1.165, 1.54) is 50.6 Å². The van der Waals surface area contributed by atoms with E-state index in [2.05, 4.69) is 0 Å². The molecule has 0 fully saturated rings. The molecule has 0 aliphatic rings. The molecule has 0 N–H and O–H groups in total. The van der Waals surface area contributed by atoms with Crippen LogP contribution in [0.5, 0.6) is 11.5 Å². The molecule has 3 aromatic carbocycles. The summed E-state index contributed by atoms with van der Waals surface area (Å²) in [5.74, 6) is 1.15. The summed E-state index contributed by atoms with van der Waals surface area (Å²) >= 11 is 0. The van der Waals surface area contributed by atoms with Crippen molar-refractivity contribution in [3.05, 3.63) is 94.7 Å². The van der Waals surface area contributed by atoms with Crippen LogP contribution in [0.4, 0.5) is 0 Å². The molecule has 0 atom stereocenters. The second-order valence-electron chi connectivity index (χ2n) is 6.71. The van der Waals surface area contributed by atoms with Gasteiger partial charge in [-0.15, -0.1) is 0 Å². The lowest BCUT2D eigenvalue weighted by atomic mass is 10.1. The second kappa shape index (κ2) is 9.84. The first-order valence-electron chi connectivity index (χ1n) is 9.48. The number of ether oxygens (including phenoxy) is 2. The van der Waals surface area contributed by atoms with Gasteiger partial charge in [-0.3, -0.25) is 0 Å². The van der Waals surface area contributed by atoms with Gasteiger partial charge < -0.3 is 9.47 Å². The van der Waals surface area contributed by atoms with Crippen LogP contribution < -0.4 is 9.47 Å². The van der Waals surface area contributed by atoms with Crippen LogP contribution in [0.15, 0.2) is 93.4 Å². The molecule has 0 bridgehead atoms. The van der Waals surface area contributed by atoms with Gasteiger partial charge in [0.05, 0.1) is 24.0 Å². The van der Waals surface area contributed by atoms with E-state index in [0.717, 1.165) is 10.8 Å². The summed E-state index contributed by atoms with van der Waals surface area (Å²) in [4.78, 5) is 0.329. The van der Waals surface area contributed by atoms with Crippen LogP contribution >= 0.6 is 0 Å². The molecule has 6 nitrogen and oxygen atoms in total. The zero-order valence-corrected chi connectivity index (χ0v) is 19.1. The van der Waals surface area contributed by atoms with Crippen molar-refractivity contribution in [2.45, 2.75) is 9.79 Å². The normalized spacial score (nSPS) is 12.3. The molecule has 32 heavy (non-hydrogen) atoms. The summed E-state index contributed by atoms with van der Waals surface area (Å²) in [7, 11) is -4.17. The summed E-state index contributed by atoms with van der Waals surface area (Å²) in [6, 6.07) is 19.1. The lowest BCUT2D eigenvalue weighted by Gasteiger charge is -2.03. The van der Waals surface area contributed by atoms with E-state index in [0.29, 0.717) is 22.6 Å². The molecular formula is C24H22O6S2. The maximum atomic E-state index is 12.4. The monoisotopic (exact) mass is 470 g/mol. The Morgan fingerprint density at radius 2 is 0.844 bits per heavy atom. The Labute approximate surface area is 188 Å². The Bertz CT molecular complexity index is 1210. The fourth-order valence-corrected chi connectivity index (χ4v) is 4.76. The number of methoxy groups -OCH3 is 2. The van der Waals surface area contributed by atoms with Crippen LogP contribution in [-0.2, 0) is 19.7 Å². The zero-order chi connectivity index (χ0) is 23.2. The van der Waals surface area contributed by atoms with Crippen molar-refractivity contribution in [2.24, 2.45) is 0 Å². The number of hydrogen-bond donors (Lipinski definition) is 0. The van der Waals surface area contributed by atoms with E-state index >= 15 is 0 Å². The average Bonchev–Trinajstić information content (AvgIpc) is 2.82. The highest BCUT2D eigenvalue weighted by Crippen LogP contribution is 2.20. The zero-order valence-electron chi connectivity index (χ0n) is 17.5. The lowest BCUT2D eigenvalue weighted by molar-refractivity contribution is 0.414. The van der Waals surface area contributed by atoms with E-state index in [1.807, 2.05) is 0 Å². The highest BCUT2D eigenvalue weighted by Gasteiger charge is 2.11. The summed E-state index contributed by atoms with van der Waals surface area (Å²) in [5, 5.41) is 2.27. The van der Waals surface area contributed by atoms with Crippen LogP contribution in [0.25, 0.3) is 12.2 Å². The maximum Gasteiger partial charge on any atom is 0.199 e. The third-order valence-corrected chi connectivity index (χ3v) is 7.44. The number of sulfone groups is 2. The van der Waals surface area contributed by atoms with E-state index in [4.69, 9.17) is 9.47 Å². The molecule has 0 saturated heterocycles. The molecule has 0 aromatic heterocycles. The Morgan fingerprint density at radius 3 is 1.12 bits per heavy atom. The summed E-state index contributed by atoms with van der Waals surface area (Å²) in [6.07, 6.45) is 2.97. The van der Waals surface area contributed by atoms with Crippen LogP contribution in [0.2, 0.25) is 0 Å². The predicted octanol–water partition coefficient (Wildman–Crippen LogP) is 4.59. The van der Waals surface area contributed by atoms with Gasteiger partial charge in [-0.2, -0.15) is 0 Å². The van der Waals surface area contributed by atoms with Gasteiger partial charge >= 0.3 is 0 Å². The third kappa shape index (κ3) is 5.87. The van der Waals surface area contributed by atoms with Crippen LogP contribution in [0, 0.1) is 0 Å². The average molecular weight is 471 g/mol. The topological polar surface area (TPSA) is 86.7 Å². The van der Waals surface area contributed by atoms with Gasteiger partial charge in [-0.05, 0) is 71.8 Å². The Balaban J connectivity index is 1.71. The van der Waals surface area contributed by atoms with Crippen molar-refractivity contribution in [3.63, 3.8) is 0 Å². The van der Waals surface area contributed by atoms with E-state index in [1.54, 1.807) is 48.5 Å². The van der Waals surface area contributed by atoms with E-state index in [9.17, 15) is 16.8 Å². The van der Waals surface area contributed by atoms with Crippen LogP contribution in [-0.4, -0.2) is 31.1 Å². The Kier molecular flexibility index (Phi) is 7.17. The minimum atomic E-state index is -3.60. The van der Waals surface area contributed by atoms with Gasteiger partial charge in [0.25, 0.3) is 0 Å². The molecule has 0 aliphatic heterocycles. The van der Waals surface area contributed by atoms with Gasteiger partial charge in [0.15, 0.2) is 19.7 Å². The quantitative estimate of drug-likeness (QED) is 0.478. The van der Waals surface area contributed by atoms with E-state index < -0.39 is 19.7 Å². The summed E-state index contributed by atoms with van der Waals surface area (Å²) in [5.41, 5.74) is 1.33. The number of rotatable bonds is 8. The highest BCUT2D eigenvalue weighted by atomic mass is 32.2. The van der Waals surface area contributed by atoms with Gasteiger partial charge in [-0.1, -0.05) is 24.3 Å². The molecule has 0 saturated carbocycles. The molecule has 3 rings (SSSR count). The SMILES string of the molecule is COc1ccc(S(=O)(=O)/C=C/c2ccc(/C=C/S(=O)(=O)c3ccc(OC)cc3)cc2)cc1. The van der Waals surface area contributed by atoms with Crippen molar-refractivity contribution < 1.29 is 26.3 Å². The maximum absolute atomic E-state index is 12.4. The largest absolute Gasteiger partial charge is 0.497 e. The van der Waals surface area contributed by atoms with Gasteiger partial charge in [0, 0.05) is 10.8 Å². The van der Waals surface area contributed by atoms with Crippen molar-refractivity contribution >= 4 is 31.8 Å². The molecule has 0 radical (unpaired) electrons. The van der Waals surface area contributed by atoms with Crippen molar-refractivity contribution in [1.29, 1.82) is 0 Å². The molecule has 0 spiro atoms. The first-order chi connectivity index (χ1) is 15.2. The van der Waals surface area contributed by atoms with Crippen molar-refractivity contribution in [3.8, 4) is 11.5 Å². The highest BCUT2D eigenvalue weighted by molar-refractivity contribution is 7.94. The van der Waals surface area contributed by atoms with Crippen LogP contribution in [0.1, 0.15) is 11.1 Å². The van der Waals surface area contributed by atoms with E-state index in [-0.39, 0.29) is 9.79 Å². The third-order valence-electron chi connectivity index (χ3n) is 4.59. The van der Waals surface area contributed by atoms with Crippen molar-refractivity contribution in [1.82, 2.24) is 0 Å². The molecule has 0 unspecified atom stereocenters. The second-order valence-corrected chi connectivity index (χ2v) is 10.4. The predicted molar refractivity (Wildman–Crippen MR) is 125 cm³/mol. The molecule has 0 amide bonds. The lowest BCUT2D eigenvalue weighted by Crippen LogP contribution is -1.96. The van der Waals surface area contributed by atoms with Crippen molar-refractivity contribution in [2.75, 3.05) is 14.2 Å². The molecule has 3 aromatic rings. The number of benzene rings is 3. The molecule has 166 valence electrons. The Hall–Kier alpha value is -3.36. The molecule has 0 heterocycles. The molecular weight excluding hydrogens is 448 g/mol. The van der Waals surface area contributed by atoms with Gasteiger partial charge in [0.2, 0.25) is 0 Å².